The summed E-state index contributed by atoms with van der Waals surface area (Å²) in [6.45, 7) is 9.43. The van der Waals surface area contributed by atoms with E-state index in [0.717, 1.165) is 41.4 Å². The minimum absolute atomic E-state index is 0.0634. The Morgan fingerprint density at radius 3 is 3.00 bits per heavy atom. The van der Waals surface area contributed by atoms with Gasteiger partial charge in [0.2, 0.25) is 0 Å². The molecule has 0 bridgehead atoms. The van der Waals surface area contributed by atoms with Crippen LogP contribution in [0.3, 0.4) is 0 Å². The molecule has 3 heterocycles. The zero-order chi connectivity index (χ0) is 12.8. The van der Waals surface area contributed by atoms with Gasteiger partial charge in [-0.05, 0) is 32.3 Å². The molecule has 6 heteroatoms. The van der Waals surface area contributed by atoms with Crippen molar-refractivity contribution in [1.82, 2.24) is 19.7 Å². The van der Waals surface area contributed by atoms with Crippen LogP contribution in [0.2, 0.25) is 0 Å². The number of hydrogen-bond acceptors (Lipinski definition) is 6. The lowest BCUT2D eigenvalue weighted by molar-refractivity contribution is 0.378. The molecule has 3 rings (SSSR count). The minimum atomic E-state index is 0.0634. The number of nitrogens with zero attached hydrogens (tertiary/aromatic N) is 4. The van der Waals surface area contributed by atoms with Gasteiger partial charge < -0.3 is 10.2 Å². The van der Waals surface area contributed by atoms with Gasteiger partial charge in [-0.2, -0.15) is 4.37 Å². The normalized spacial score (nSPS) is 19.4. The van der Waals surface area contributed by atoms with Crippen LogP contribution in [0.1, 0.15) is 19.5 Å². The van der Waals surface area contributed by atoms with Crippen molar-refractivity contribution >= 4 is 27.6 Å². The second kappa shape index (κ2) is 4.13. The molecule has 0 saturated carbocycles. The molecule has 0 unspecified atom stereocenters. The first-order chi connectivity index (χ1) is 8.59. The molecular formula is C12H17N5S. The van der Waals surface area contributed by atoms with Gasteiger partial charge in [0.1, 0.15) is 17.0 Å². The predicted octanol–water partition coefficient (Wildman–Crippen LogP) is 1.58. The number of nitrogens with one attached hydrogen (secondary N) is 1. The Balaban J connectivity index is 2.16. The molecule has 2 aromatic rings. The van der Waals surface area contributed by atoms with E-state index >= 15 is 0 Å². The molecule has 0 aliphatic carbocycles. The van der Waals surface area contributed by atoms with E-state index in [1.165, 1.54) is 11.5 Å². The van der Waals surface area contributed by atoms with Crippen molar-refractivity contribution in [3.05, 3.63) is 12.0 Å². The third-order valence-electron chi connectivity index (χ3n) is 3.48. The molecule has 96 valence electrons. The number of fused-ring (bicyclic) bond motifs is 1. The fraction of sp³-hybridized carbons (Fsp3) is 0.583. The highest BCUT2D eigenvalue weighted by atomic mass is 32.1. The van der Waals surface area contributed by atoms with E-state index in [0.29, 0.717) is 0 Å². The summed E-state index contributed by atoms with van der Waals surface area (Å²) < 4.78 is 4.40. The molecule has 1 aliphatic rings. The first-order valence-corrected chi connectivity index (χ1v) is 6.92. The molecule has 1 aliphatic heterocycles. The quantitative estimate of drug-likeness (QED) is 0.846. The van der Waals surface area contributed by atoms with Crippen molar-refractivity contribution in [2.24, 2.45) is 0 Å². The first-order valence-electron chi connectivity index (χ1n) is 6.15. The minimum Gasteiger partial charge on any atom is -0.348 e. The fourth-order valence-corrected chi connectivity index (χ4v) is 3.22. The molecule has 1 saturated heterocycles. The van der Waals surface area contributed by atoms with Crippen LogP contribution in [-0.2, 0) is 0 Å². The lowest BCUT2D eigenvalue weighted by Crippen LogP contribution is -2.58. The van der Waals surface area contributed by atoms with Gasteiger partial charge in [-0.15, -0.1) is 0 Å². The van der Waals surface area contributed by atoms with Crippen LogP contribution in [0.5, 0.6) is 0 Å². The van der Waals surface area contributed by atoms with Gasteiger partial charge in [-0.25, -0.2) is 9.97 Å². The number of rotatable bonds is 1. The molecule has 0 amide bonds. The van der Waals surface area contributed by atoms with Gasteiger partial charge in [0, 0.05) is 25.2 Å². The Bertz CT molecular complexity index is 577. The summed E-state index contributed by atoms with van der Waals surface area (Å²) in [5.41, 5.74) is 1.09. The molecule has 5 nitrogen and oxygen atoms in total. The Labute approximate surface area is 110 Å². The average Bonchev–Trinajstić information content (AvgIpc) is 2.71. The summed E-state index contributed by atoms with van der Waals surface area (Å²) in [7, 11) is 0. The van der Waals surface area contributed by atoms with Crippen LogP contribution < -0.4 is 10.2 Å². The summed E-state index contributed by atoms with van der Waals surface area (Å²) in [6.07, 6.45) is 1.65. The summed E-state index contributed by atoms with van der Waals surface area (Å²) in [5, 5.41) is 4.54. The van der Waals surface area contributed by atoms with Gasteiger partial charge in [-0.1, -0.05) is 0 Å². The molecule has 1 N–H and O–H groups in total. The smallest absolute Gasteiger partial charge is 0.149 e. The first kappa shape index (κ1) is 11.8. The topological polar surface area (TPSA) is 53.9 Å². The summed E-state index contributed by atoms with van der Waals surface area (Å²) in [5.74, 6) is 1.03. The van der Waals surface area contributed by atoms with Crippen LogP contribution in [-0.4, -0.2) is 39.5 Å². The maximum Gasteiger partial charge on any atom is 0.149 e. The van der Waals surface area contributed by atoms with Crippen molar-refractivity contribution in [2.45, 2.75) is 26.3 Å². The van der Waals surface area contributed by atoms with Crippen molar-refractivity contribution in [1.29, 1.82) is 0 Å². The monoisotopic (exact) mass is 263 g/mol. The van der Waals surface area contributed by atoms with Crippen molar-refractivity contribution in [3.8, 4) is 0 Å². The predicted molar refractivity (Wildman–Crippen MR) is 74.2 cm³/mol. The van der Waals surface area contributed by atoms with E-state index < -0.39 is 0 Å². The van der Waals surface area contributed by atoms with E-state index in [4.69, 9.17) is 0 Å². The van der Waals surface area contributed by atoms with Crippen molar-refractivity contribution < 1.29 is 0 Å². The van der Waals surface area contributed by atoms with E-state index in [2.05, 4.69) is 38.4 Å². The Morgan fingerprint density at radius 2 is 2.22 bits per heavy atom. The number of hydrogen-bond donors (Lipinski definition) is 1. The third-order valence-corrected chi connectivity index (χ3v) is 4.33. The molecule has 18 heavy (non-hydrogen) atoms. The van der Waals surface area contributed by atoms with Crippen molar-refractivity contribution in [2.75, 3.05) is 24.5 Å². The van der Waals surface area contributed by atoms with Crippen LogP contribution in [0.15, 0.2) is 6.33 Å². The maximum atomic E-state index is 4.51. The van der Waals surface area contributed by atoms with Gasteiger partial charge >= 0.3 is 0 Å². The SMILES string of the molecule is Cc1nsc2ncnc(N3CCNCC3(C)C)c12. The van der Waals surface area contributed by atoms with Crippen molar-refractivity contribution in [3.63, 3.8) is 0 Å². The van der Waals surface area contributed by atoms with Gasteiger partial charge in [0.25, 0.3) is 0 Å². The van der Waals surface area contributed by atoms with Crippen LogP contribution in [0.4, 0.5) is 5.82 Å². The number of aromatic nitrogens is 3. The zero-order valence-electron chi connectivity index (χ0n) is 10.9. The highest BCUT2D eigenvalue weighted by Crippen LogP contribution is 2.32. The fourth-order valence-electron chi connectivity index (χ4n) is 2.48. The van der Waals surface area contributed by atoms with Crippen LogP contribution >= 0.6 is 11.5 Å². The van der Waals surface area contributed by atoms with Gasteiger partial charge in [-0.3, -0.25) is 0 Å². The summed E-state index contributed by atoms with van der Waals surface area (Å²) in [4.78, 5) is 12.2. The molecule has 2 aromatic heterocycles. The van der Waals surface area contributed by atoms with Crippen LogP contribution in [0.25, 0.3) is 10.2 Å². The maximum absolute atomic E-state index is 4.51. The Hall–Kier alpha value is -1.27. The lowest BCUT2D eigenvalue weighted by Gasteiger charge is -2.43. The van der Waals surface area contributed by atoms with E-state index in [1.807, 2.05) is 6.92 Å². The molecule has 0 radical (unpaired) electrons. The molecular weight excluding hydrogens is 246 g/mol. The summed E-state index contributed by atoms with van der Waals surface area (Å²) >= 11 is 1.45. The van der Waals surface area contributed by atoms with Gasteiger partial charge in [0.15, 0.2) is 0 Å². The molecule has 0 atom stereocenters. The standard InChI is InChI=1S/C12H17N5S/c1-8-9-10(14-7-15-11(9)18-16-8)17-5-4-13-6-12(17,2)3/h7,13H,4-6H2,1-3H3. The number of piperazine rings is 1. The zero-order valence-corrected chi connectivity index (χ0v) is 11.7. The Morgan fingerprint density at radius 1 is 1.39 bits per heavy atom. The van der Waals surface area contributed by atoms with E-state index in [9.17, 15) is 0 Å². The molecule has 1 fully saturated rings. The second-order valence-corrected chi connectivity index (χ2v) is 6.04. The lowest BCUT2D eigenvalue weighted by atomic mass is 10.00. The second-order valence-electron chi connectivity index (χ2n) is 5.29. The van der Waals surface area contributed by atoms with E-state index in [-0.39, 0.29) is 5.54 Å². The highest BCUT2D eigenvalue weighted by Gasteiger charge is 2.32. The van der Waals surface area contributed by atoms with Gasteiger partial charge in [0.05, 0.1) is 11.1 Å². The third kappa shape index (κ3) is 1.76. The number of anilines is 1. The van der Waals surface area contributed by atoms with E-state index in [1.54, 1.807) is 6.33 Å². The molecule has 0 spiro atoms. The summed E-state index contributed by atoms with van der Waals surface area (Å²) in [6, 6.07) is 0. The number of aryl methyl sites for hydroxylation is 1. The Kier molecular flexibility index (Phi) is 2.71. The highest BCUT2D eigenvalue weighted by molar-refractivity contribution is 7.13. The average molecular weight is 263 g/mol. The largest absolute Gasteiger partial charge is 0.348 e. The van der Waals surface area contributed by atoms with Crippen LogP contribution in [0, 0.1) is 6.92 Å². The molecule has 0 aromatic carbocycles.